The third kappa shape index (κ3) is 2.69. The third-order valence-electron chi connectivity index (χ3n) is 4.40. The molecule has 106 valence electrons. The van der Waals surface area contributed by atoms with Gasteiger partial charge in [-0.1, -0.05) is 20.8 Å². The summed E-state index contributed by atoms with van der Waals surface area (Å²) in [6.07, 6.45) is 2.79. The highest BCUT2D eigenvalue weighted by Crippen LogP contribution is 2.44. The van der Waals surface area contributed by atoms with E-state index in [1.807, 2.05) is 13.8 Å². The maximum Gasteiger partial charge on any atom is 0.279 e. The number of rotatable bonds is 3. The van der Waals surface area contributed by atoms with Gasteiger partial charge in [0.1, 0.15) is 0 Å². The summed E-state index contributed by atoms with van der Waals surface area (Å²) in [6, 6.07) is -0.0396. The molecule has 6 heteroatoms. The molecule has 1 aliphatic carbocycles. The van der Waals surface area contributed by atoms with E-state index in [9.17, 15) is 8.42 Å². The van der Waals surface area contributed by atoms with E-state index < -0.39 is 10.2 Å². The summed E-state index contributed by atoms with van der Waals surface area (Å²) >= 11 is 6.12. The first-order valence-corrected chi connectivity index (χ1v) is 8.52. The van der Waals surface area contributed by atoms with E-state index in [4.69, 9.17) is 11.6 Å². The van der Waals surface area contributed by atoms with E-state index in [0.717, 1.165) is 19.3 Å². The summed E-state index contributed by atoms with van der Waals surface area (Å²) in [5.74, 6) is 0.450. The van der Waals surface area contributed by atoms with Crippen molar-refractivity contribution in [2.45, 2.75) is 51.5 Å². The van der Waals surface area contributed by atoms with Crippen LogP contribution in [0.4, 0.5) is 0 Å². The van der Waals surface area contributed by atoms with Crippen molar-refractivity contribution in [2.24, 2.45) is 11.3 Å². The first-order valence-electron chi connectivity index (χ1n) is 6.65. The Hall–Kier alpha value is 0.160. The Morgan fingerprint density at radius 1 is 1.39 bits per heavy atom. The lowest BCUT2D eigenvalue weighted by molar-refractivity contribution is 0.134. The van der Waals surface area contributed by atoms with Crippen LogP contribution >= 0.6 is 11.6 Å². The summed E-state index contributed by atoms with van der Waals surface area (Å²) in [5.41, 5.74) is -0.157. The molecule has 0 spiro atoms. The molecular weight excluding hydrogens is 272 g/mol. The molecule has 0 radical (unpaired) electrons. The molecule has 1 N–H and O–H groups in total. The van der Waals surface area contributed by atoms with Gasteiger partial charge >= 0.3 is 0 Å². The van der Waals surface area contributed by atoms with Crippen molar-refractivity contribution in [3.63, 3.8) is 0 Å². The van der Waals surface area contributed by atoms with E-state index >= 15 is 0 Å². The van der Waals surface area contributed by atoms with Crippen molar-refractivity contribution in [1.82, 2.24) is 9.03 Å². The third-order valence-corrected chi connectivity index (χ3v) is 6.73. The lowest BCUT2D eigenvalue weighted by Gasteiger charge is -2.49. The quantitative estimate of drug-likeness (QED) is 0.809. The van der Waals surface area contributed by atoms with Gasteiger partial charge in [-0.2, -0.15) is 17.4 Å². The zero-order valence-electron chi connectivity index (χ0n) is 11.3. The topological polar surface area (TPSA) is 49.4 Å². The zero-order valence-corrected chi connectivity index (χ0v) is 12.9. The standard InChI is InChI=1S/C12H23ClN2O2S/c1-9-5-4-6-15(8-9)18(16,17)14-11-7-10(13)12(11,2)3/h9-11,14H,4-8H2,1-3H3. The first-order chi connectivity index (χ1) is 8.23. The Balaban J connectivity index is 2.00. The first kappa shape index (κ1) is 14.6. The normalized spacial score (nSPS) is 37.2. The summed E-state index contributed by atoms with van der Waals surface area (Å²) in [6.45, 7) is 7.40. The van der Waals surface area contributed by atoms with Crippen LogP contribution in [0.25, 0.3) is 0 Å². The highest BCUT2D eigenvalue weighted by molar-refractivity contribution is 7.87. The lowest BCUT2D eigenvalue weighted by atomic mass is 9.67. The molecule has 3 unspecified atom stereocenters. The fraction of sp³-hybridized carbons (Fsp3) is 1.00. The minimum Gasteiger partial charge on any atom is -0.198 e. The second-order valence-electron chi connectivity index (χ2n) is 6.31. The summed E-state index contributed by atoms with van der Waals surface area (Å²) in [5, 5.41) is 0.0606. The number of hydrogen-bond donors (Lipinski definition) is 1. The minimum atomic E-state index is -3.35. The predicted molar refractivity (Wildman–Crippen MR) is 73.9 cm³/mol. The molecule has 0 amide bonds. The van der Waals surface area contributed by atoms with Gasteiger partial charge in [0.25, 0.3) is 10.2 Å². The molecule has 2 aliphatic rings. The molecule has 2 fully saturated rings. The highest BCUT2D eigenvalue weighted by Gasteiger charge is 2.49. The minimum absolute atomic E-state index is 0.0396. The van der Waals surface area contributed by atoms with Gasteiger partial charge in [-0.3, -0.25) is 0 Å². The number of hydrogen-bond acceptors (Lipinski definition) is 2. The molecule has 1 saturated heterocycles. The second-order valence-corrected chi connectivity index (χ2v) is 8.53. The average molecular weight is 295 g/mol. The SMILES string of the molecule is CC1CCCN(S(=O)(=O)NC2CC(Cl)C2(C)C)C1. The molecule has 0 bridgehead atoms. The Morgan fingerprint density at radius 2 is 2.06 bits per heavy atom. The van der Waals surface area contributed by atoms with Crippen molar-refractivity contribution >= 4 is 21.8 Å². The van der Waals surface area contributed by atoms with E-state index in [1.54, 1.807) is 4.31 Å². The number of nitrogens with zero attached hydrogens (tertiary/aromatic N) is 1. The van der Waals surface area contributed by atoms with Crippen molar-refractivity contribution < 1.29 is 8.42 Å². The van der Waals surface area contributed by atoms with Crippen LogP contribution in [-0.2, 0) is 10.2 Å². The number of alkyl halides is 1. The molecule has 1 aliphatic heterocycles. The van der Waals surface area contributed by atoms with Gasteiger partial charge in [0.05, 0.1) is 0 Å². The van der Waals surface area contributed by atoms with E-state index in [-0.39, 0.29) is 16.8 Å². The van der Waals surface area contributed by atoms with Crippen LogP contribution in [0, 0.1) is 11.3 Å². The Kier molecular flexibility index (Phi) is 3.99. The number of halogens is 1. The van der Waals surface area contributed by atoms with Gasteiger partial charge in [-0.25, -0.2) is 0 Å². The van der Waals surface area contributed by atoms with Crippen LogP contribution in [-0.4, -0.2) is 37.2 Å². The van der Waals surface area contributed by atoms with Gasteiger partial charge in [-0.05, 0) is 30.6 Å². The maximum absolute atomic E-state index is 12.3. The van der Waals surface area contributed by atoms with Crippen LogP contribution in [0.2, 0.25) is 0 Å². The van der Waals surface area contributed by atoms with Crippen LogP contribution in [0.1, 0.15) is 40.0 Å². The molecule has 0 aromatic carbocycles. The summed E-state index contributed by atoms with van der Waals surface area (Å²) in [7, 11) is -3.35. The number of piperidine rings is 1. The highest BCUT2D eigenvalue weighted by atomic mass is 35.5. The summed E-state index contributed by atoms with van der Waals surface area (Å²) in [4.78, 5) is 0. The molecule has 4 nitrogen and oxygen atoms in total. The largest absolute Gasteiger partial charge is 0.279 e. The molecule has 0 aromatic rings. The monoisotopic (exact) mass is 294 g/mol. The predicted octanol–water partition coefficient (Wildman–Crippen LogP) is 1.96. The van der Waals surface area contributed by atoms with Crippen LogP contribution in [0.15, 0.2) is 0 Å². The van der Waals surface area contributed by atoms with Gasteiger partial charge in [0.15, 0.2) is 0 Å². The van der Waals surface area contributed by atoms with Gasteiger partial charge in [-0.15, -0.1) is 11.6 Å². The van der Waals surface area contributed by atoms with Crippen LogP contribution in [0.3, 0.4) is 0 Å². The van der Waals surface area contributed by atoms with E-state index in [0.29, 0.717) is 19.0 Å². The van der Waals surface area contributed by atoms with Gasteiger partial charge in [0.2, 0.25) is 0 Å². The van der Waals surface area contributed by atoms with Crippen molar-refractivity contribution in [3.8, 4) is 0 Å². The smallest absolute Gasteiger partial charge is 0.198 e. The number of nitrogens with one attached hydrogen (secondary N) is 1. The lowest BCUT2D eigenvalue weighted by Crippen LogP contribution is -2.61. The zero-order chi connectivity index (χ0) is 13.6. The Morgan fingerprint density at radius 3 is 2.56 bits per heavy atom. The molecular formula is C12H23ClN2O2S. The molecule has 1 saturated carbocycles. The van der Waals surface area contributed by atoms with Gasteiger partial charge < -0.3 is 0 Å². The Labute approximate surface area is 115 Å². The van der Waals surface area contributed by atoms with E-state index in [2.05, 4.69) is 11.6 Å². The Bertz CT molecular complexity index is 410. The van der Waals surface area contributed by atoms with E-state index in [1.165, 1.54) is 0 Å². The molecule has 2 rings (SSSR count). The maximum atomic E-state index is 12.3. The summed E-state index contributed by atoms with van der Waals surface area (Å²) < 4.78 is 29.0. The molecule has 0 aromatic heterocycles. The van der Waals surface area contributed by atoms with Crippen molar-refractivity contribution in [1.29, 1.82) is 0 Å². The van der Waals surface area contributed by atoms with Crippen molar-refractivity contribution in [3.05, 3.63) is 0 Å². The fourth-order valence-electron chi connectivity index (χ4n) is 2.69. The van der Waals surface area contributed by atoms with Crippen molar-refractivity contribution in [2.75, 3.05) is 13.1 Å². The molecule has 18 heavy (non-hydrogen) atoms. The average Bonchev–Trinajstić information content (AvgIpc) is 2.28. The second kappa shape index (κ2) is 4.93. The fourth-order valence-corrected chi connectivity index (χ4v) is 4.75. The van der Waals surface area contributed by atoms with Crippen LogP contribution < -0.4 is 4.72 Å². The van der Waals surface area contributed by atoms with Crippen LogP contribution in [0.5, 0.6) is 0 Å². The molecule has 1 heterocycles. The van der Waals surface area contributed by atoms with Gasteiger partial charge in [0, 0.05) is 24.5 Å². The molecule has 3 atom stereocenters.